The lowest BCUT2D eigenvalue weighted by Gasteiger charge is -2.38. The molecule has 0 aromatic carbocycles. The minimum absolute atomic E-state index is 0.142. The van der Waals surface area contributed by atoms with Crippen LogP contribution in [0.25, 0.3) is 0 Å². The fourth-order valence-corrected chi connectivity index (χ4v) is 2.32. The van der Waals surface area contributed by atoms with Crippen LogP contribution in [0, 0.1) is 17.3 Å². The van der Waals surface area contributed by atoms with E-state index < -0.39 is 0 Å². The molecule has 78 valence electrons. The summed E-state index contributed by atoms with van der Waals surface area (Å²) in [4.78, 5) is 0. The van der Waals surface area contributed by atoms with E-state index >= 15 is 0 Å². The minimum atomic E-state index is 0.142. The third kappa shape index (κ3) is 3.15. The quantitative estimate of drug-likeness (QED) is 0.651. The van der Waals surface area contributed by atoms with E-state index in [0.717, 1.165) is 0 Å². The van der Waals surface area contributed by atoms with Crippen molar-refractivity contribution in [2.75, 3.05) is 0 Å². The Bertz CT molecular complexity index is 159. The van der Waals surface area contributed by atoms with Crippen LogP contribution in [0.3, 0.4) is 0 Å². The Morgan fingerprint density at radius 3 is 2.08 bits per heavy atom. The monoisotopic (exact) mass is 183 g/mol. The zero-order valence-electron chi connectivity index (χ0n) is 9.80. The zero-order valence-corrected chi connectivity index (χ0v) is 9.80. The molecule has 0 radical (unpaired) electrons. The lowest BCUT2D eigenvalue weighted by molar-refractivity contribution is 0.166. The van der Waals surface area contributed by atoms with Crippen LogP contribution < -0.4 is 5.73 Å². The highest BCUT2D eigenvalue weighted by molar-refractivity contribution is 4.97. The molecule has 0 heterocycles. The Morgan fingerprint density at radius 1 is 1.38 bits per heavy atom. The predicted octanol–water partition coefficient (Wildman–Crippen LogP) is 3.21. The second kappa shape index (κ2) is 4.80. The normalized spacial score (nSPS) is 19.2. The number of allylic oxidation sites excluding steroid dienone is 1. The van der Waals surface area contributed by atoms with Gasteiger partial charge in [-0.3, -0.25) is 0 Å². The van der Waals surface area contributed by atoms with Crippen molar-refractivity contribution in [2.24, 2.45) is 23.0 Å². The van der Waals surface area contributed by atoms with Gasteiger partial charge in [0.05, 0.1) is 0 Å². The van der Waals surface area contributed by atoms with E-state index in [1.165, 1.54) is 6.42 Å². The van der Waals surface area contributed by atoms with Crippen LogP contribution in [0.4, 0.5) is 0 Å². The van der Waals surface area contributed by atoms with Crippen LogP contribution in [0.15, 0.2) is 12.7 Å². The largest absolute Gasteiger partial charge is 0.328 e. The first-order valence-corrected chi connectivity index (χ1v) is 5.26. The standard InChI is InChI=1S/C12H25N/c1-7-9(3)11(10(4)13)12(5,6)8-2/h8-11H,2,7,13H2,1,3-6H3. The van der Waals surface area contributed by atoms with Crippen molar-refractivity contribution in [2.45, 2.75) is 47.1 Å². The summed E-state index contributed by atoms with van der Waals surface area (Å²) in [5.74, 6) is 1.18. The van der Waals surface area contributed by atoms with Gasteiger partial charge in [0.2, 0.25) is 0 Å². The summed E-state index contributed by atoms with van der Waals surface area (Å²) < 4.78 is 0. The highest BCUT2D eigenvalue weighted by Crippen LogP contribution is 2.36. The lowest BCUT2D eigenvalue weighted by Crippen LogP contribution is -2.40. The molecule has 2 N–H and O–H groups in total. The van der Waals surface area contributed by atoms with Crippen LogP contribution in [-0.4, -0.2) is 6.04 Å². The molecule has 0 aromatic heterocycles. The molecule has 3 unspecified atom stereocenters. The summed E-state index contributed by atoms with van der Waals surface area (Å²) in [6, 6.07) is 0.239. The second-order valence-corrected chi connectivity index (χ2v) is 4.80. The van der Waals surface area contributed by atoms with E-state index in [1.807, 2.05) is 6.08 Å². The number of hydrogen-bond acceptors (Lipinski definition) is 1. The van der Waals surface area contributed by atoms with Crippen molar-refractivity contribution >= 4 is 0 Å². The van der Waals surface area contributed by atoms with E-state index in [0.29, 0.717) is 11.8 Å². The van der Waals surface area contributed by atoms with E-state index in [-0.39, 0.29) is 11.5 Å². The molecule has 0 bridgehead atoms. The van der Waals surface area contributed by atoms with E-state index in [2.05, 4.69) is 41.2 Å². The van der Waals surface area contributed by atoms with Gasteiger partial charge in [0, 0.05) is 6.04 Å². The number of hydrogen-bond donors (Lipinski definition) is 1. The highest BCUT2D eigenvalue weighted by atomic mass is 14.7. The molecule has 0 saturated carbocycles. The van der Waals surface area contributed by atoms with Gasteiger partial charge in [-0.05, 0) is 24.2 Å². The molecule has 0 spiro atoms. The smallest absolute Gasteiger partial charge is 0.00493 e. The SMILES string of the molecule is C=CC(C)(C)C(C(C)N)C(C)CC. The van der Waals surface area contributed by atoms with Gasteiger partial charge in [0.1, 0.15) is 0 Å². The molecule has 0 aliphatic rings. The van der Waals surface area contributed by atoms with Gasteiger partial charge in [-0.1, -0.05) is 40.2 Å². The molecule has 13 heavy (non-hydrogen) atoms. The highest BCUT2D eigenvalue weighted by Gasteiger charge is 2.32. The summed E-state index contributed by atoms with van der Waals surface area (Å²) in [6.45, 7) is 14.9. The first-order chi connectivity index (χ1) is 5.86. The van der Waals surface area contributed by atoms with Crippen molar-refractivity contribution in [1.82, 2.24) is 0 Å². The predicted molar refractivity (Wildman–Crippen MR) is 60.6 cm³/mol. The number of nitrogens with two attached hydrogens (primary N) is 1. The lowest BCUT2D eigenvalue weighted by atomic mass is 9.68. The van der Waals surface area contributed by atoms with Gasteiger partial charge in [0.15, 0.2) is 0 Å². The average Bonchev–Trinajstić information content (AvgIpc) is 2.03. The Kier molecular flexibility index (Phi) is 4.69. The molecule has 0 amide bonds. The summed E-state index contributed by atoms with van der Waals surface area (Å²) in [5, 5.41) is 0. The van der Waals surface area contributed by atoms with Gasteiger partial charge in [-0.2, -0.15) is 0 Å². The second-order valence-electron chi connectivity index (χ2n) is 4.80. The average molecular weight is 183 g/mol. The van der Waals surface area contributed by atoms with Crippen molar-refractivity contribution in [3.05, 3.63) is 12.7 Å². The van der Waals surface area contributed by atoms with Gasteiger partial charge in [0.25, 0.3) is 0 Å². The van der Waals surface area contributed by atoms with Crippen LogP contribution >= 0.6 is 0 Å². The Morgan fingerprint density at radius 2 is 1.85 bits per heavy atom. The molecule has 0 aliphatic carbocycles. The fraction of sp³-hybridized carbons (Fsp3) is 0.833. The fourth-order valence-electron chi connectivity index (χ4n) is 2.32. The third-order valence-corrected chi connectivity index (χ3v) is 3.21. The Labute approximate surface area is 83.4 Å². The maximum absolute atomic E-state index is 6.03. The molecule has 0 rings (SSSR count). The van der Waals surface area contributed by atoms with Crippen LogP contribution in [0.5, 0.6) is 0 Å². The van der Waals surface area contributed by atoms with Gasteiger partial charge >= 0.3 is 0 Å². The molecular weight excluding hydrogens is 158 g/mol. The first-order valence-electron chi connectivity index (χ1n) is 5.26. The van der Waals surface area contributed by atoms with Crippen LogP contribution in [0.2, 0.25) is 0 Å². The summed E-state index contributed by atoms with van der Waals surface area (Å²) >= 11 is 0. The zero-order chi connectivity index (χ0) is 10.6. The Balaban J connectivity index is 4.69. The molecule has 1 nitrogen and oxygen atoms in total. The van der Waals surface area contributed by atoms with Crippen molar-refractivity contribution < 1.29 is 0 Å². The Hall–Kier alpha value is -0.300. The van der Waals surface area contributed by atoms with Crippen molar-refractivity contribution in [3.8, 4) is 0 Å². The van der Waals surface area contributed by atoms with Gasteiger partial charge in [-0.15, -0.1) is 6.58 Å². The van der Waals surface area contributed by atoms with Gasteiger partial charge in [-0.25, -0.2) is 0 Å². The maximum atomic E-state index is 6.03. The molecule has 1 heteroatoms. The first kappa shape index (κ1) is 12.7. The third-order valence-electron chi connectivity index (χ3n) is 3.21. The summed E-state index contributed by atoms with van der Waals surface area (Å²) in [6.07, 6.45) is 3.22. The van der Waals surface area contributed by atoms with Crippen LogP contribution in [0.1, 0.15) is 41.0 Å². The molecule has 0 saturated heterocycles. The molecule has 3 atom stereocenters. The van der Waals surface area contributed by atoms with Gasteiger partial charge < -0.3 is 5.73 Å². The van der Waals surface area contributed by atoms with E-state index in [1.54, 1.807) is 0 Å². The van der Waals surface area contributed by atoms with Crippen molar-refractivity contribution in [3.63, 3.8) is 0 Å². The van der Waals surface area contributed by atoms with Crippen LogP contribution in [-0.2, 0) is 0 Å². The molecule has 0 aromatic rings. The maximum Gasteiger partial charge on any atom is 0.00493 e. The summed E-state index contributed by atoms with van der Waals surface area (Å²) in [5.41, 5.74) is 6.17. The van der Waals surface area contributed by atoms with E-state index in [9.17, 15) is 0 Å². The topological polar surface area (TPSA) is 26.0 Å². The van der Waals surface area contributed by atoms with E-state index in [4.69, 9.17) is 5.73 Å². The summed E-state index contributed by atoms with van der Waals surface area (Å²) in [7, 11) is 0. The minimum Gasteiger partial charge on any atom is -0.328 e. The molecule has 0 aliphatic heterocycles. The molecular formula is C12H25N. The number of rotatable bonds is 5. The molecule has 0 fully saturated rings. The van der Waals surface area contributed by atoms with Crippen molar-refractivity contribution in [1.29, 1.82) is 0 Å².